The highest BCUT2D eigenvalue weighted by atomic mass is 35.5. The Morgan fingerprint density at radius 1 is 1.24 bits per heavy atom. The molecule has 1 aromatic heterocycles. The van der Waals surface area contributed by atoms with Crippen LogP contribution >= 0.6 is 11.6 Å². The number of carbonyl (C=O) groups is 2. The molecule has 1 saturated carbocycles. The van der Waals surface area contributed by atoms with Crippen LogP contribution < -0.4 is 5.73 Å². The number of primary amides is 1. The molecule has 0 bridgehead atoms. The van der Waals surface area contributed by atoms with E-state index in [1.54, 1.807) is 0 Å². The van der Waals surface area contributed by atoms with E-state index in [0.717, 1.165) is 35.6 Å². The predicted molar refractivity (Wildman–Crippen MR) is 117 cm³/mol. The van der Waals surface area contributed by atoms with Crippen LogP contribution in [-0.4, -0.2) is 54.6 Å². The van der Waals surface area contributed by atoms with Crippen molar-refractivity contribution >= 4 is 33.3 Å². The summed E-state index contributed by atoms with van der Waals surface area (Å²) < 4.78 is 68.0. The molecule has 2 N–H and O–H groups in total. The Labute approximate surface area is 199 Å². The lowest BCUT2D eigenvalue weighted by Gasteiger charge is -2.42. The molecular weight excluding hydrogens is 495 g/mol. The summed E-state index contributed by atoms with van der Waals surface area (Å²) >= 11 is 5.69. The molecule has 2 amide bonds. The quantitative estimate of drug-likeness (QED) is 0.595. The number of likely N-dealkylation sites (tertiary alicyclic amines) is 1. The number of nitrogens with two attached hydrogens (primary N) is 1. The van der Waals surface area contributed by atoms with E-state index in [1.165, 1.54) is 6.07 Å². The van der Waals surface area contributed by atoms with E-state index in [9.17, 15) is 26.8 Å². The minimum Gasteiger partial charge on any atom is -0.368 e. The van der Waals surface area contributed by atoms with Crippen molar-refractivity contribution in [2.24, 2.45) is 11.7 Å². The molecule has 34 heavy (non-hydrogen) atoms. The third-order valence-electron chi connectivity index (χ3n) is 6.41. The van der Waals surface area contributed by atoms with Gasteiger partial charge in [-0.3, -0.25) is 9.59 Å². The lowest BCUT2D eigenvalue weighted by atomic mass is 9.73. The van der Waals surface area contributed by atoms with Crippen LogP contribution in [0.25, 0.3) is 0 Å². The first-order valence-corrected chi connectivity index (χ1v) is 12.7. The highest BCUT2D eigenvalue weighted by Gasteiger charge is 2.61. The summed E-state index contributed by atoms with van der Waals surface area (Å²) in [6.07, 6.45) is 0.903. The van der Waals surface area contributed by atoms with Crippen molar-refractivity contribution < 1.29 is 31.2 Å². The van der Waals surface area contributed by atoms with Crippen molar-refractivity contribution in [3.05, 3.63) is 58.2 Å². The molecule has 3 atom stereocenters. The van der Waals surface area contributed by atoms with Gasteiger partial charge in [0, 0.05) is 30.4 Å². The van der Waals surface area contributed by atoms with Gasteiger partial charge < -0.3 is 10.6 Å². The van der Waals surface area contributed by atoms with Crippen LogP contribution in [0.2, 0.25) is 5.02 Å². The van der Waals surface area contributed by atoms with Crippen LogP contribution in [0.3, 0.4) is 0 Å². The second kappa shape index (κ2) is 8.53. The average Bonchev–Trinajstić information content (AvgIpc) is 3.52. The van der Waals surface area contributed by atoms with Crippen molar-refractivity contribution in [2.45, 2.75) is 41.9 Å². The van der Waals surface area contributed by atoms with Crippen LogP contribution in [0.4, 0.5) is 13.2 Å². The van der Waals surface area contributed by atoms with Gasteiger partial charge in [0.1, 0.15) is 23.3 Å². The highest BCUT2D eigenvalue weighted by Crippen LogP contribution is 2.55. The first-order chi connectivity index (χ1) is 15.9. The van der Waals surface area contributed by atoms with Gasteiger partial charge in [0.2, 0.25) is 5.91 Å². The lowest BCUT2D eigenvalue weighted by molar-refractivity contribution is -0.129. The molecule has 2 aromatic rings. The molecule has 2 heterocycles. The fourth-order valence-corrected chi connectivity index (χ4v) is 5.57. The monoisotopic (exact) mass is 515 g/mol. The van der Waals surface area contributed by atoms with E-state index in [0.29, 0.717) is 12.8 Å². The van der Waals surface area contributed by atoms with E-state index in [4.69, 9.17) is 17.3 Å². The number of aromatic nitrogens is 1. The number of rotatable bonds is 6. The molecule has 1 aliphatic carbocycles. The van der Waals surface area contributed by atoms with Crippen LogP contribution in [0.1, 0.15) is 41.1 Å². The minimum atomic E-state index is -3.77. The zero-order valence-electron chi connectivity index (χ0n) is 18.0. The SMILES string of the molecule is CS(=O)(=O)c1cc(C(=O)N2CC(F)C[C@@]2(C(N)=O)[C@@H](c2cc(F)c(Cl)cc2F)C2CC2)ccn1. The van der Waals surface area contributed by atoms with E-state index in [1.807, 2.05) is 0 Å². The Bertz CT molecular complexity index is 1290. The van der Waals surface area contributed by atoms with E-state index < -0.39 is 68.9 Å². The van der Waals surface area contributed by atoms with Crippen LogP contribution in [0.5, 0.6) is 0 Å². The topological polar surface area (TPSA) is 110 Å². The molecule has 1 unspecified atom stereocenters. The normalized spacial score (nSPS) is 23.7. The highest BCUT2D eigenvalue weighted by molar-refractivity contribution is 7.90. The molecule has 182 valence electrons. The fourth-order valence-electron chi connectivity index (χ4n) is 4.83. The summed E-state index contributed by atoms with van der Waals surface area (Å²) in [7, 11) is -3.77. The van der Waals surface area contributed by atoms with Crippen molar-refractivity contribution in [1.29, 1.82) is 0 Å². The minimum absolute atomic E-state index is 0.160. The van der Waals surface area contributed by atoms with E-state index in [2.05, 4.69) is 4.98 Å². The number of hydrogen-bond donors (Lipinski definition) is 1. The number of benzene rings is 1. The molecule has 2 fully saturated rings. The molecule has 1 saturated heterocycles. The predicted octanol–water partition coefficient (Wildman–Crippen LogP) is 3.02. The van der Waals surface area contributed by atoms with Crippen LogP contribution in [-0.2, 0) is 14.6 Å². The summed E-state index contributed by atoms with van der Waals surface area (Å²) in [5, 5.41) is -0.847. The van der Waals surface area contributed by atoms with Crippen molar-refractivity contribution in [2.75, 3.05) is 12.8 Å². The number of pyridine rings is 1. The van der Waals surface area contributed by atoms with E-state index >= 15 is 4.39 Å². The molecular formula is C22H21ClF3N3O4S. The number of alkyl halides is 1. The van der Waals surface area contributed by atoms with Gasteiger partial charge >= 0.3 is 0 Å². The molecule has 0 spiro atoms. The van der Waals surface area contributed by atoms with Gasteiger partial charge in [0.05, 0.1) is 11.6 Å². The molecule has 0 radical (unpaired) electrons. The zero-order valence-corrected chi connectivity index (χ0v) is 19.5. The van der Waals surface area contributed by atoms with Crippen LogP contribution in [0, 0.1) is 17.6 Å². The maximum Gasteiger partial charge on any atom is 0.255 e. The molecule has 1 aromatic carbocycles. The summed E-state index contributed by atoms with van der Waals surface area (Å²) in [6.45, 7) is -0.529. The second-order valence-corrected chi connectivity index (χ2v) is 11.1. The average molecular weight is 516 g/mol. The Kier molecular flexibility index (Phi) is 6.14. The molecule has 7 nitrogen and oxygen atoms in total. The molecule has 4 rings (SSSR count). The molecule has 12 heteroatoms. The maximum absolute atomic E-state index is 15.0. The Morgan fingerprint density at radius 2 is 1.91 bits per heavy atom. The molecule has 1 aliphatic heterocycles. The number of hydrogen-bond acceptors (Lipinski definition) is 5. The van der Waals surface area contributed by atoms with Gasteiger partial charge in [-0.15, -0.1) is 0 Å². The van der Waals surface area contributed by atoms with Gasteiger partial charge in [-0.1, -0.05) is 11.6 Å². The van der Waals surface area contributed by atoms with Crippen molar-refractivity contribution in [3.8, 4) is 0 Å². The third-order valence-corrected chi connectivity index (χ3v) is 7.68. The number of amides is 2. The van der Waals surface area contributed by atoms with Crippen molar-refractivity contribution in [1.82, 2.24) is 9.88 Å². The maximum atomic E-state index is 15.0. The third kappa shape index (κ3) is 4.15. The number of nitrogens with zero attached hydrogens (tertiary/aromatic N) is 2. The first kappa shape index (κ1) is 24.5. The van der Waals surface area contributed by atoms with Gasteiger partial charge in [0.25, 0.3) is 5.91 Å². The fraction of sp³-hybridized carbons (Fsp3) is 0.409. The van der Waals surface area contributed by atoms with Crippen LogP contribution in [0.15, 0.2) is 35.5 Å². The smallest absolute Gasteiger partial charge is 0.255 e. The lowest BCUT2D eigenvalue weighted by Crippen LogP contribution is -2.60. The van der Waals surface area contributed by atoms with Gasteiger partial charge in [-0.05, 0) is 48.6 Å². The van der Waals surface area contributed by atoms with Gasteiger partial charge in [-0.25, -0.2) is 26.6 Å². The molecule has 2 aliphatic rings. The van der Waals surface area contributed by atoms with Gasteiger partial charge in [-0.2, -0.15) is 0 Å². The Morgan fingerprint density at radius 3 is 2.50 bits per heavy atom. The Hall–Kier alpha value is -2.66. The summed E-state index contributed by atoms with van der Waals surface area (Å²) in [6, 6.07) is 3.87. The van der Waals surface area contributed by atoms with Gasteiger partial charge in [0.15, 0.2) is 14.9 Å². The number of sulfone groups is 1. The van der Waals surface area contributed by atoms with E-state index in [-0.39, 0.29) is 22.1 Å². The zero-order chi connectivity index (χ0) is 25.0. The summed E-state index contributed by atoms with van der Waals surface area (Å²) in [4.78, 5) is 31.1. The largest absolute Gasteiger partial charge is 0.368 e. The summed E-state index contributed by atoms with van der Waals surface area (Å²) in [5.41, 5.74) is 3.39. The second-order valence-electron chi connectivity index (χ2n) is 8.76. The number of carbonyl (C=O) groups excluding carboxylic acids is 2. The summed E-state index contributed by atoms with van der Waals surface area (Å²) in [5.74, 6) is -5.24. The van der Waals surface area contributed by atoms with Crippen molar-refractivity contribution in [3.63, 3.8) is 0 Å². The number of halogens is 4. The first-order valence-electron chi connectivity index (χ1n) is 10.4. The standard InChI is InChI=1S/C22H21ClF3N3O4S/c1-34(32,33)18-6-12(4-5-28-18)20(30)29-10-13(24)9-22(29,21(27)31)19(11-2-3-11)14-7-17(26)15(23)8-16(14)25/h4-8,11,13,19H,2-3,9-10H2,1H3,(H2,27,31)/t13?,19-,22+/m1/s1. The Balaban J connectivity index is 1.88.